The minimum atomic E-state index is -0.807. The Hall–Kier alpha value is -1.50. The molecule has 0 saturated carbocycles. The number of rotatable bonds is 0. The maximum Gasteiger partial charge on any atom is 0.326 e. The van der Waals surface area contributed by atoms with Crippen LogP contribution in [0.4, 0.5) is 0 Å². The third-order valence-electron chi connectivity index (χ3n) is 2.59. The first-order chi connectivity index (χ1) is 10.5. The Balaban J connectivity index is 1.75. The molecular formula is C10H2N4O4S4-2. The van der Waals surface area contributed by atoms with Gasteiger partial charge in [-0.25, -0.2) is 9.78 Å². The Morgan fingerprint density at radius 1 is 0.864 bits per heavy atom. The van der Waals surface area contributed by atoms with Gasteiger partial charge in [-0.15, -0.1) is 0 Å². The Labute approximate surface area is 138 Å². The number of H-pyrrole nitrogens is 2. The number of thioether (sulfide) groups is 4. The summed E-state index contributed by atoms with van der Waals surface area (Å²) in [7, 11) is 0. The molecular weight excluding hydrogens is 368 g/mol. The third kappa shape index (κ3) is 2.22. The van der Waals surface area contributed by atoms with Gasteiger partial charge in [0, 0.05) is 5.88 Å². The van der Waals surface area contributed by atoms with E-state index in [0.29, 0.717) is 19.8 Å². The topological polar surface area (TPSA) is 138 Å². The number of hydrogen-bond donors (Lipinski definition) is 2. The fourth-order valence-electron chi connectivity index (χ4n) is 1.74. The van der Waals surface area contributed by atoms with Crippen LogP contribution in [0.25, 0.3) is 0 Å². The molecule has 0 bridgehead atoms. The lowest BCUT2D eigenvalue weighted by molar-refractivity contribution is -0.300. The number of nitrogens with zero attached hydrogens (tertiary/aromatic N) is 2. The fourth-order valence-corrected chi connectivity index (χ4v) is 6.81. The van der Waals surface area contributed by atoms with Gasteiger partial charge in [0.25, 0.3) is 5.56 Å². The van der Waals surface area contributed by atoms with Crippen molar-refractivity contribution in [2.75, 3.05) is 0 Å². The summed E-state index contributed by atoms with van der Waals surface area (Å²) in [4.78, 5) is 35.5. The average molecular weight is 370 g/mol. The van der Waals surface area contributed by atoms with Crippen molar-refractivity contribution in [1.82, 2.24) is 19.9 Å². The third-order valence-corrected chi connectivity index (χ3v) is 8.09. The molecule has 2 aliphatic heterocycles. The van der Waals surface area contributed by atoms with Crippen LogP contribution in [0.15, 0.2) is 37.9 Å². The minimum Gasteiger partial charge on any atom is -0.858 e. The quantitative estimate of drug-likeness (QED) is 0.619. The molecule has 8 nitrogen and oxygen atoms in total. The van der Waals surface area contributed by atoms with E-state index in [1.54, 1.807) is 0 Å². The molecule has 112 valence electrons. The molecule has 2 N–H and O–H groups in total. The molecule has 0 unspecified atom stereocenters. The molecule has 0 radical (unpaired) electrons. The van der Waals surface area contributed by atoms with Crippen molar-refractivity contribution >= 4 is 47.0 Å². The van der Waals surface area contributed by atoms with Crippen molar-refractivity contribution in [2.45, 2.75) is 19.8 Å². The van der Waals surface area contributed by atoms with Crippen LogP contribution < -0.4 is 21.5 Å². The van der Waals surface area contributed by atoms with Crippen molar-refractivity contribution in [1.29, 1.82) is 0 Å². The Kier molecular flexibility index (Phi) is 3.21. The van der Waals surface area contributed by atoms with Crippen LogP contribution in [0.5, 0.6) is 11.9 Å². The zero-order valence-corrected chi connectivity index (χ0v) is 13.4. The van der Waals surface area contributed by atoms with Gasteiger partial charge >= 0.3 is 5.69 Å². The molecule has 4 rings (SSSR count). The van der Waals surface area contributed by atoms with Crippen molar-refractivity contribution in [3.05, 3.63) is 29.3 Å². The van der Waals surface area contributed by atoms with Gasteiger partial charge < -0.3 is 15.2 Å². The number of nitrogens with one attached hydrogen (secondary N) is 2. The number of aromatic amines is 2. The molecule has 0 spiro atoms. The summed E-state index contributed by atoms with van der Waals surface area (Å²) in [5, 5.41) is 23.7. The first kappa shape index (κ1) is 14.1. The molecule has 0 saturated heterocycles. The molecule has 0 fully saturated rings. The van der Waals surface area contributed by atoms with E-state index >= 15 is 0 Å². The molecule has 0 aliphatic carbocycles. The highest BCUT2D eigenvalue weighted by Gasteiger charge is 2.30. The summed E-state index contributed by atoms with van der Waals surface area (Å²) >= 11 is 4.81. The monoisotopic (exact) mass is 370 g/mol. The van der Waals surface area contributed by atoms with E-state index in [1.165, 1.54) is 47.0 Å². The van der Waals surface area contributed by atoms with E-state index < -0.39 is 23.1 Å². The molecule has 2 aromatic heterocycles. The van der Waals surface area contributed by atoms with Gasteiger partial charge in [0.15, 0.2) is 0 Å². The summed E-state index contributed by atoms with van der Waals surface area (Å²) in [5.74, 6) is -0.597. The second-order valence-electron chi connectivity index (χ2n) is 4.00. The fraction of sp³-hybridized carbons (Fsp3) is 0. The van der Waals surface area contributed by atoms with E-state index in [4.69, 9.17) is 0 Å². The first-order valence-corrected chi connectivity index (χ1v) is 8.86. The molecule has 0 atom stereocenters. The van der Waals surface area contributed by atoms with E-state index in [2.05, 4.69) is 19.9 Å². The highest BCUT2D eigenvalue weighted by atomic mass is 32.2. The Morgan fingerprint density at radius 3 is 2.41 bits per heavy atom. The van der Waals surface area contributed by atoms with Gasteiger partial charge in [0.05, 0.1) is 19.4 Å². The van der Waals surface area contributed by atoms with Crippen LogP contribution in [0, 0.1) is 0 Å². The minimum absolute atomic E-state index is 0.312. The zero-order valence-electron chi connectivity index (χ0n) is 10.2. The van der Waals surface area contributed by atoms with Crippen LogP contribution in [-0.2, 0) is 0 Å². The molecule has 2 aliphatic rings. The van der Waals surface area contributed by atoms with E-state index in [0.717, 1.165) is 8.47 Å². The van der Waals surface area contributed by atoms with Gasteiger partial charge in [-0.05, 0) is 0 Å². The van der Waals surface area contributed by atoms with Gasteiger partial charge in [-0.1, -0.05) is 47.0 Å². The van der Waals surface area contributed by atoms with Gasteiger partial charge in [-0.3, -0.25) is 14.8 Å². The average Bonchev–Trinajstić information content (AvgIpc) is 3.01. The van der Waals surface area contributed by atoms with Crippen LogP contribution in [0.2, 0.25) is 0 Å². The molecule has 0 aromatic carbocycles. The summed E-state index contributed by atoms with van der Waals surface area (Å²) in [6, 6.07) is -0.807. The SMILES string of the molecule is O=c1[nH]c2c(c(=O)[nH]1)S/C(=C1\Sc3nc([O-])nc([O-])c3S1)S2. The Morgan fingerprint density at radius 2 is 1.59 bits per heavy atom. The highest BCUT2D eigenvalue weighted by molar-refractivity contribution is 8.30. The summed E-state index contributed by atoms with van der Waals surface area (Å²) in [5.41, 5.74) is -1.02. The molecule has 4 heterocycles. The number of hydrogen-bond acceptors (Lipinski definition) is 10. The van der Waals surface area contributed by atoms with Crippen LogP contribution in [-0.4, -0.2) is 19.9 Å². The summed E-state index contributed by atoms with van der Waals surface area (Å²) in [6.07, 6.45) is 0. The van der Waals surface area contributed by atoms with Crippen molar-refractivity contribution < 1.29 is 10.2 Å². The number of aromatic nitrogens is 4. The lowest BCUT2D eigenvalue weighted by Gasteiger charge is -2.12. The maximum absolute atomic E-state index is 11.7. The standard InChI is InChI=1S/C10H4N4O4S4/c15-3-1-5(13-9(17)11-3)21-7(19-1)8-20-2-4(16)12-10(18)14-6(2)22-8/h(H2,11,13,15,17)(H2,12,14,16,18)/p-2/b8-7+. The lowest BCUT2D eigenvalue weighted by atomic mass is 10.6. The van der Waals surface area contributed by atoms with Gasteiger partial charge in [-0.2, -0.15) is 0 Å². The smallest absolute Gasteiger partial charge is 0.326 e. The predicted octanol–water partition coefficient (Wildman–Crippen LogP) is 0.223. The van der Waals surface area contributed by atoms with Gasteiger partial charge in [0.1, 0.15) is 14.9 Å². The van der Waals surface area contributed by atoms with Crippen LogP contribution in [0.1, 0.15) is 0 Å². The van der Waals surface area contributed by atoms with Crippen LogP contribution >= 0.6 is 47.0 Å². The lowest BCUT2D eigenvalue weighted by Crippen LogP contribution is -2.23. The van der Waals surface area contributed by atoms with Crippen molar-refractivity contribution in [3.8, 4) is 11.9 Å². The largest absolute Gasteiger partial charge is 0.858 e. The van der Waals surface area contributed by atoms with Crippen molar-refractivity contribution in [2.24, 2.45) is 0 Å². The van der Waals surface area contributed by atoms with Crippen molar-refractivity contribution in [3.63, 3.8) is 0 Å². The normalized spacial score (nSPS) is 19.3. The summed E-state index contributed by atoms with van der Waals surface area (Å²) in [6.45, 7) is 0. The second-order valence-corrected chi connectivity index (χ2v) is 8.57. The second kappa shape index (κ2) is 5.01. The number of fused-ring (bicyclic) bond motifs is 2. The van der Waals surface area contributed by atoms with Crippen LogP contribution in [0.3, 0.4) is 0 Å². The summed E-state index contributed by atoms with van der Waals surface area (Å²) < 4.78 is 1.49. The Bertz CT molecular complexity index is 966. The molecule has 12 heteroatoms. The van der Waals surface area contributed by atoms with E-state index in [-0.39, 0.29) is 0 Å². The molecule has 2 aromatic rings. The predicted molar refractivity (Wildman–Crippen MR) is 79.1 cm³/mol. The first-order valence-electron chi connectivity index (χ1n) is 5.59. The molecule has 22 heavy (non-hydrogen) atoms. The van der Waals surface area contributed by atoms with E-state index in [1.807, 2.05) is 0 Å². The van der Waals surface area contributed by atoms with Gasteiger partial charge in [0.2, 0.25) is 0 Å². The zero-order chi connectivity index (χ0) is 15.4. The van der Waals surface area contributed by atoms with E-state index in [9.17, 15) is 19.8 Å². The molecule has 0 amide bonds. The highest BCUT2D eigenvalue weighted by Crippen LogP contribution is 2.60. The maximum atomic E-state index is 11.7.